The van der Waals surface area contributed by atoms with Gasteiger partial charge in [-0.15, -0.1) is 0 Å². The molecule has 0 radical (unpaired) electrons. The van der Waals surface area contributed by atoms with E-state index < -0.39 is 0 Å². The van der Waals surface area contributed by atoms with Crippen LogP contribution < -0.4 is 0 Å². The van der Waals surface area contributed by atoms with Crippen molar-refractivity contribution in [1.29, 1.82) is 0 Å². The number of hydrogen-bond donors (Lipinski definition) is 0. The van der Waals surface area contributed by atoms with Crippen LogP contribution in [-0.4, -0.2) is 0 Å². The van der Waals surface area contributed by atoms with Crippen LogP contribution in [0.4, 0.5) is 0 Å². The van der Waals surface area contributed by atoms with E-state index in [-0.39, 0.29) is 5.92 Å². The lowest BCUT2D eigenvalue weighted by atomic mass is 9.81. The molecule has 0 aromatic heterocycles. The Bertz CT molecular complexity index is 850. The topological polar surface area (TPSA) is 0 Å². The molecule has 1 aromatic rings. The minimum Gasteiger partial charge on any atom is -0.0985 e. The predicted octanol–water partition coefficient (Wildman–Crippen LogP) is 9.55. The first-order valence-electron chi connectivity index (χ1n) is 11.3. The molecule has 0 amide bonds. The van der Waals surface area contributed by atoms with Crippen molar-refractivity contribution < 1.29 is 0 Å². The molecule has 1 unspecified atom stereocenters. The van der Waals surface area contributed by atoms with Crippen molar-refractivity contribution in [1.82, 2.24) is 0 Å². The summed E-state index contributed by atoms with van der Waals surface area (Å²) < 4.78 is 0. The average Bonchev–Trinajstić information content (AvgIpc) is 3.03. The molecule has 1 aromatic carbocycles. The maximum atomic E-state index is 4.38. The lowest BCUT2D eigenvalue weighted by molar-refractivity contribution is 0.951. The Morgan fingerprint density at radius 2 is 1.70 bits per heavy atom. The minimum absolute atomic E-state index is 0.211. The first-order valence-corrected chi connectivity index (χ1v) is 11.3. The lowest BCUT2D eigenvalue weighted by Gasteiger charge is -2.22. The zero-order valence-corrected chi connectivity index (χ0v) is 20.6. The van der Waals surface area contributed by atoms with Crippen LogP contribution in [0, 0.1) is 0 Å². The number of benzene rings is 1. The quantitative estimate of drug-likeness (QED) is 0.415. The van der Waals surface area contributed by atoms with Crippen molar-refractivity contribution in [2.24, 2.45) is 0 Å². The fourth-order valence-corrected chi connectivity index (χ4v) is 3.76. The van der Waals surface area contributed by atoms with Gasteiger partial charge in [0.2, 0.25) is 0 Å². The van der Waals surface area contributed by atoms with Gasteiger partial charge in [-0.05, 0) is 71.7 Å². The monoisotopic (exact) mass is 402 g/mol. The molecule has 0 bridgehead atoms. The molecule has 0 heterocycles. The second-order valence-electron chi connectivity index (χ2n) is 6.60. The SMILES string of the molecule is C=CC(=C)c1cccc(C2C(/C=C\C)=C(C)C(=C)/C2=C\C=C/C)c1CC.CC.CC. The molecule has 0 spiro atoms. The van der Waals surface area contributed by atoms with Gasteiger partial charge in [0, 0.05) is 5.92 Å². The van der Waals surface area contributed by atoms with Crippen LogP contribution in [0.1, 0.15) is 78.0 Å². The summed E-state index contributed by atoms with van der Waals surface area (Å²) in [5, 5.41) is 0. The minimum atomic E-state index is 0.211. The molecule has 162 valence electrons. The van der Waals surface area contributed by atoms with E-state index in [0.29, 0.717) is 0 Å². The van der Waals surface area contributed by atoms with E-state index in [1.165, 1.54) is 33.4 Å². The normalized spacial score (nSPS) is 17.1. The molecule has 0 nitrogen and oxygen atoms in total. The first kappa shape index (κ1) is 27.4. The average molecular weight is 403 g/mol. The lowest BCUT2D eigenvalue weighted by Crippen LogP contribution is -2.06. The third-order valence-corrected chi connectivity index (χ3v) is 5.14. The van der Waals surface area contributed by atoms with E-state index in [1.807, 2.05) is 40.7 Å². The molecule has 1 aliphatic carbocycles. The summed E-state index contributed by atoms with van der Waals surface area (Å²) >= 11 is 0. The second-order valence-corrected chi connectivity index (χ2v) is 6.60. The van der Waals surface area contributed by atoms with Gasteiger partial charge in [-0.3, -0.25) is 0 Å². The van der Waals surface area contributed by atoms with Gasteiger partial charge in [0.15, 0.2) is 0 Å². The highest BCUT2D eigenvalue weighted by Gasteiger charge is 2.32. The van der Waals surface area contributed by atoms with Crippen molar-refractivity contribution in [3.8, 4) is 0 Å². The maximum absolute atomic E-state index is 4.38. The fourth-order valence-electron chi connectivity index (χ4n) is 3.76. The van der Waals surface area contributed by atoms with E-state index >= 15 is 0 Å². The van der Waals surface area contributed by atoms with E-state index in [2.05, 4.69) is 89.1 Å². The Morgan fingerprint density at radius 1 is 1.07 bits per heavy atom. The van der Waals surface area contributed by atoms with Crippen molar-refractivity contribution in [2.45, 2.75) is 67.7 Å². The third kappa shape index (κ3) is 5.95. The molecule has 1 aliphatic rings. The zero-order valence-electron chi connectivity index (χ0n) is 20.6. The zero-order chi connectivity index (χ0) is 23.3. The van der Waals surface area contributed by atoms with Crippen LogP contribution in [-0.2, 0) is 6.42 Å². The highest BCUT2D eigenvalue weighted by atomic mass is 14.3. The molecule has 30 heavy (non-hydrogen) atoms. The molecule has 1 atom stereocenters. The van der Waals surface area contributed by atoms with E-state index in [1.54, 1.807) is 0 Å². The molecule has 0 saturated carbocycles. The molecule has 0 heteroatoms. The van der Waals surface area contributed by atoms with Gasteiger partial charge in [0.1, 0.15) is 0 Å². The number of allylic oxidation sites excluding steroid dienone is 11. The molecule has 0 aliphatic heterocycles. The van der Waals surface area contributed by atoms with Crippen molar-refractivity contribution in [3.63, 3.8) is 0 Å². The molecule has 0 saturated heterocycles. The van der Waals surface area contributed by atoms with Gasteiger partial charge in [0.05, 0.1) is 0 Å². The van der Waals surface area contributed by atoms with Crippen molar-refractivity contribution in [2.75, 3.05) is 0 Å². The highest BCUT2D eigenvalue weighted by Crippen LogP contribution is 2.48. The van der Waals surface area contributed by atoms with E-state index in [4.69, 9.17) is 0 Å². The summed E-state index contributed by atoms with van der Waals surface area (Å²) in [5.41, 5.74) is 9.89. The fraction of sp³-hybridized carbons (Fsp3) is 0.333. The smallest absolute Gasteiger partial charge is 0.0351 e. The summed E-state index contributed by atoms with van der Waals surface area (Å²) in [6, 6.07) is 6.54. The molecular weight excluding hydrogens is 360 g/mol. The third-order valence-electron chi connectivity index (χ3n) is 5.14. The van der Waals surface area contributed by atoms with Gasteiger partial charge in [-0.2, -0.15) is 0 Å². The van der Waals surface area contributed by atoms with Crippen LogP contribution in [0.5, 0.6) is 0 Å². The van der Waals surface area contributed by atoms with Crippen LogP contribution >= 0.6 is 0 Å². The largest absolute Gasteiger partial charge is 0.0985 e. The van der Waals surface area contributed by atoms with Crippen LogP contribution in [0.2, 0.25) is 0 Å². The van der Waals surface area contributed by atoms with E-state index in [9.17, 15) is 0 Å². The Kier molecular flexibility index (Phi) is 13.1. The van der Waals surface area contributed by atoms with Crippen LogP contribution in [0.25, 0.3) is 5.57 Å². The molecular formula is C30H42. The highest BCUT2D eigenvalue weighted by molar-refractivity contribution is 5.76. The summed E-state index contributed by atoms with van der Waals surface area (Å²) in [4.78, 5) is 0. The summed E-state index contributed by atoms with van der Waals surface area (Å²) in [6.07, 6.45) is 13.5. The summed E-state index contributed by atoms with van der Waals surface area (Å²) in [7, 11) is 0. The molecule has 0 N–H and O–H groups in total. The first-order chi connectivity index (χ1) is 14.5. The second kappa shape index (κ2) is 14.4. The number of hydrogen-bond acceptors (Lipinski definition) is 0. The van der Waals surface area contributed by atoms with Crippen LogP contribution in [0.15, 0.2) is 96.7 Å². The van der Waals surface area contributed by atoms with Crippen LogP contribution in [0.3, 0.4) is 0 Å². The number of rotatable bonds is 6. The van der Waals surface area contributed by atoms with Gasteiger partial charge in [-0.25, -0.2) is 0 Å². The standard InChI is InChI=1S/C26H30.2C2H6/c1-8-12-15-24-20(7)19(6)23(14-9-2)26(24)25-17-13-16-22(18(5)10-3)21(25)11-4;2*1-2/h8-10,12-17,26H,3,5,7,11H2,1-2,4,6H3;2*1-2H3/b12-8-,14-9-,24-15+;;. The Hall–Kier alpha value is -2.60. The Balaban J connectivity index is 0.00000198. The van der Waals surface area contributed by atoms with Gasteiger partial charge >= 0.3 is 0 Å². The Morgan fingerprint density at radius 3 is 2.20 bits per heavy atom. The van der Waals surface area contributed by atoms with Crippen molar-refractivity contribution >= 4 is 5.57 Å². The maximum Gasteiger partial charge on any atom is 0.0351 e. The van der Waals surface area contributed by atoms with Gasteiger partial charge in [-0.1, -0.05) is 109 Å². The van der Waals surface area contributed by atoms with Crippen molar-refractivity contribution in [3.05, 3.63) is 113 Å². The predicted molar refractivity (Wildman–Crippen MR) is 140 cm³/mol. The van der Waals surface area contributed by atoms with E-state index in [0.717, 1.165) is 17.6 Å². The molecule has 0 fully saturated rings. The Labute approximate surface area is 186 Å². The molecule has 2 rings (SSSR count). The summed E-state index contributed by atoms with van der Waals surface area (Å²) in [6.45, 7) is 29.0. The van der Waals surface area contributed by atoms with Gasteiger partial charge in [0.25, 0.3) is 0 Å². The van der Waals surface area contributed by atoms with Gasteiger partial charge < -0.3 is 0 Å². The summed E-state index contributed by atoms with van der Waals surface area (Å²) in [5.74, 6) is 0.211.